The number of carbonyl (C=O) groups is 1. The van der Waals surface area contributed by atoms with Gasteiger partial charge in [0, 0.05) is 24.1 Å². The Labute approximate surface area is 145 Å². The molecule has 3 aromatic rings. The molecule has 1 aliphatic heterocycles. The van der Waals surface area contributed by atoms with E-state index in [1.54, 1.807) is 6.20 Å². The Balaban J connectivity index is 1.52. The van der Waals surface area contributed by atoms with Crippen molar-refractivity contribution in [1.82, 2.24) is 14.7 Å². The predicted molar refractivity (Wildman–Crippen MR) is 95.6 cm³/mol. The Morgan fingerprint density at radius 2 is 1.80 bits per heavy atom. The number of benzene rings is 2. The van der Waals surface area contributed by atoms with Crippen LogP contribution >= 0.6 is 0 Å². The normalized spacial score (nSPS) is 19.4. The molecule has 0 spiro atoms. The van der Waals surface area contributed by atoms with Crippen molar-refractivity contribution in [2.24, 2.45) is 0 Å². The van der Waals surface area contributed by atoms with Gasteiger partial charge in [0.05, 0.1) is 11.3 Å². The number of para-hydroxylation sites is 1. The lowest BCUT2D eigenvalue weighted by Crippen LogP contribution is -2.44. The number of amides is 1. The maximum absolute atomic E-state index is 13.0. The van der Waals surface area contributed by atoms with E-state index < -0.39 is 0 Å². The van der Waals surface area contributed by atoms with Crippen molar-refractivity contribution in [1.29, 1.82) is 0 Å². The van der Waals surface area contributed by atoms with Gasteiger partial charge in [-0.3, -0.25) is 4.79 Å². The van der Waals surface area contributed by atoms with Gasteiger partial charge in [-0.1, -0.05) is 24.3 Å². The van der Waals surface area contributed by atoms with Crippen LogP contribution in [0.2, 0.25) is 0 Å². The summed E-state index contributed by atoms with van der Waals surface area (Å²) in [4.78, 5) is 15.0. The SMILES string of the molecule is O=C1c2ccccc2NC(c2ccc(-n3cccn3)cc2)N1C1CC1. The number of carbonyl (C=O) groups excluding carboxylic acids is 1. The van der Waals surface area contributed by atoms with E-state index in [0.717, 1.165) is 35.3 Å². The van der Waals surface area contributed by atoms with Crippen LogP contribution in [0.3, 0.4) is 0 Å². The van der Waals surface area contributed by atoms with Crippen LogP contribution in [0.1, 0.15) is 34.9 Å². The van der Waals surface area contributed by atoms with E-state index in [4.69, 9.17) is 0 Å². The van der Waals surface area contributed by atoms with E-state index in [9.17, 15) is 4.79 Å². The summed E-state index contributed by atoms with van der Waals surface area (Å²) in [7, 11) is 0. The van der Waals surface area contributed by atoms with Crippen molar-refractivity contribution < 1.29 is 4.79 Å². The molecule has 2 aliphatic rings. The zero-order chi connectivity index (χ0) is 16.8. The lowest BCUT2D eigenvalue weighted by Gasteiger charge is -2.38. The number of hydrogen-bond donors (Lipinski definition) is 1. The molecule has 0 saturated heterocycles. The minimum atomic E-state index is -0.124. The van der Waals surface area contributed by atoms with E-state index in [0.29, 0.717) is 6.04 Å². The molecule has 1 unspecified atom stereocenters. The van der Waals surface area contributed by atoms with Gasteiger partial charge in [0.2, 0.25) is 0 Å². The fourth-order valence-corrected chi connectivity index (χ4v) is 3.47. The number of nitrogens with one attached hydrogen (secondary N) is 1. The van der Waals surface area contributed by atoms with Gasteiger partial charge in [0.15, 0.2) is 0 Å². The topological polar surface area (TPSA) is 50.2 Å². The van der Waals surface area contributed by atoms with Crippen LogP contribution in [-0.4, -0.2) is 26.6 Å². The minimum Gasteiger partial charge on any atom is -0.361 e. The van der Waals surface area contributed by atoms with Crippen LogP contribution in [-0.2, 0) is 0 Å². The molecular weight excluding hydrogens is 312 g/mol. The van der Waals surface area contributed by atoms with E-state index in [1.807, 2.05) is 58.2 Å². The minimum absolute atomic E-state index is 0.123. The second-order valence-electron chi connectivity index (χ2n) is 6.58. The lowest BCUT2D eigenvalue weighted by molar-refractivity contribution is 0.0666. The molecule has 5 nitrogen and oxygen atoms in total. The van der Waals surface area contributed by atoms with Crippen molar-refractivity contribution >= 4 is 11.6 Å². The molecule has 1 aliphatic carbocycles. The Kier molecular flexibility index (Phi) is 3.13. The highest BCUT2D eigenvalue weighted by molar-refractivity contribution is 6.02. The first-order valence-electron chi connectivity index (χ1n) is 8.59. The first kappa shape index (κ1) is 14.3. The fraction of sp³-hybridized carbons (Fsp3) is 0.200. The molecule has 124 valence electrons. The second-order valence-corrected chi connectivity index (χ2v) is 6.58. The second kappa shape index (κ2) is 5.48. The Bertz CT molecular complexity index is 913. The number of fused-ring (bicyclic) bond motifs is 1. The van der Waals surface area contributed by atoms with Crippen molar-refractivity contribution in [2.45, 2.75) is 25.0 Å². The van der Waals surface area contributed by atoms with Crippen LogP contribution in [0.4, 0.5) is 5.69 Å². The van der Waals surface area contributed by atoms with Crippen LogP contribution < -0.4 is 5.32 Å². The molecule has 1 N–H and O–H groups in total. The molecule has 25 heavy (non-hydrogen) atoms. The molecule has 1 amide bonds. The number of hydrogen-bond acceptors (Lipinski definition) is 3. The molecule has 1 atom stereocenters. The summed E-state index contributed by atoms with van der Waals surface area (Å²) >= 11 is 0. The van der Waals surface area contributed by atoms with Crippen LogP contribution in [0.15, 0.2) is 67.0 Å². The van der Waals surface area contributed by atoms with Gasteiger partial charge in [-0.05, 0) is 48.7 Å². The van der Waals surface area contributed by atoms with Gasteiger partial charge in [0.1, 0.15) is 6.17 Å². The molecule has 1 fully saturated rings. The Morgan fingerprint density at radius 1 is 1.00 bits per heavy atom. The first-order chi connectivity index (χ1) is 12.3. The summed E-state index contributed by atoms with van der Waals surface area (Å²) in [5.74, 6) is 0.123. The van der Waals surface area contributed by atoms with E-state index in [-0.39, 0.29) is 12.1 Å². The summed E-state index contributed by atoms with van der Waals surface area (Å²) in [5, 5.41) is 7.81. The van der Waals surface area contributed by atoms with E-state index >= 15 is 0 Å². The Morgan fingerprint density at radius 3 is 2.52 bits per heavy atom. The molecule has 5 heteroatoms. The third kappa shape index (κ3) is 2.39. The first-order valence-corrected chi connectivity index (χ1v) is 8.59. The van der Waals surface area contributed by atoms with Gasteiger partial charge in [-0.2, -0.15) is 5.10 Å². The average molecular weight is 330 g/mol. The summed E-state index contributed by atoms with van der Waals surface area (Å²) in [6.07, 6.45) is 5.72. The fourth-order valence-electron chi connectivity index (χ4n) is 3.47. The van der Waals surface area contributed by atoms with Gasteiger partial charge in [-0.25, -0.2) is 4.68 Å². The third-order valence-electron chi connectivity index (χ3n) is 4.88. The number of anilines is 1. The zero-order valence-corrected chi connectivity index (χ0v) is 13.7. The third-order valence-corrected chi connectivity index (χ3v) is 4.88. The standard InChI is InChI=1S/C20H18N4O/c25-20-17-4-1-2-5-18(17)22-19(24(20)16-10-11-16)14-6-8-15(9-7-14)23-13-3-12-21-23/h1-9,12-13,16,19,22H,10-11H2. The molecule has 2 heterocycles. The van der Waals surface area contributed by atoms with E-state index in [1.165, 1.54) is 0 Å². The van der Waals surface area contributed by atoms with Gasteiger partial charge < -0.3 is 10.2 Å². The lowest BCUT2D eigenvalue weighted by atomic mass is 10.0. The van der Waals surface area contributed by atoms with Crippen LogP contribution in [0.25, 0.3) is 5.69 Å². The van der Waals surface area contributed by atoms with Gasteiger partial charge in [0.25, 0.3) is 5.91 Å². The molecule has 2 aromatic carbocycles. The number of rotatable bonds is 3. The van der Waals surface area contributed by atoms with E-state index in [2.05, 4.69) is 22.5 Å². The summed E-state index contributed by atoms with van der Waals surface area (Å²) in [5.41, 5.74) is 3.77. The predicted octanol–water partition coefficient (Wildman–Crippen LogP) is 3.60. The largest absolute Gasteiger partial charge is 0.361 e. The quantitative estimate of drug-likeness (QED) is 0.798. The number of aromatic nitrogens is 2. The maximum atomic E-state index is 13.0. The molecule has 0 bridgehead atoms. The molecule has 1 aromatic heterocycles. The van der Waals surface area contributed by atoms with Gasteiger partial charge in [-0.15, -0.1) is 0 Å². The molecule has 1 saturated carbocycles. The van der Waals surface area contributed by atoms with Crippen LogP contribution in [0.5, 0.6) is 0 Å². The molecule has 5 rings (SSSR count). The summed E-state index contributed by atoms with van der Waals surface area (Å²) in [6, 6.07) is 18.2. The highest BCUT2D eigenvalue weighted by Crippen LogP contribution is 2.40. The smallest absolute Gasteiger partial charge is 0.258 e. The Hall–Kier alpha value is -3.08. The van der Waals surface area contributed by atoms with Crippen molar-refractivity contribution in [3.63, 3.8) is 0 Å². The van der Waals surface area contributed by atoms with Crippen molar-refractivity contribution in [3.8, 4) is 5.69 Å². The zero-order valence-electron chi connectivity index (χ0n) is 13.7. The summed E-state index contributed by atoms with van der Waals surface area (Å²) in [6.45, 7) is 0. The monoisotopic (exact) mass is 330 g/mol. The highest BCUT2D eigenvalue weighted by Gasteiger charge is 2.41. The van der Waals surface area contributed by atoms with Crippen molar-refractivity contribution in [3.05, 3.63) is 78.1 Å². The average Bonchev–Trinajstić information content (AvgIpc) is 3.34. The van der Waals surface area contributed by atoms with Crippen molar-refractivity contribution in [2.75, 3.05) is 5.32 Å². The molecule has 0 radical (unpaired) electrons. The number of nitrogens with zero attached hydrogens (tertiary/aromatic N) is 3. The van der Waals surface area contributed by atoms with Gasteiger partial charge >= 0.3 is 0 Å². The maximum Gasteiger partial charge on any atom is 0.258 e. The summed E-state index contributed by atoms with van der Waals surface area (Å²) < 4.78 is 1.83. The highest BCUT2D eigenvalue weighted by atomic mass is 16.2. The molecular formula is C20H18N4O. The van der Waals surface area contributed by atoms with Crippen LogP contribution in [0, 0.1) is 0 Å².